The van der Waals surface area contributed by atoms with E-state index in [1.165, 1.54) is 39.9 Å². The van der Waals surface area contributed by atoms with Crippen molar-refractivity contribution in [2.75, 3.05) is 51.8 Å². The maximum absolute atomic E-state index is 13.6. The Bertz CT molecular complexity index is 1330. The van der Waals surface area contributed by atoms with Crippen LogP contribution in [0, 0.1) is 0 Å². The van der Waals surface area contributed by atoms with Gasteiger partial charge >= 0.3 is 0 Å². The molecule has 0 radical (unpaired) electrons. The van der Waals surface area contributed by atoms with Crippen molar-refractivity contribution < 1.29 is 17.9 Å². The number of halogens is 1. The molecule has 1 amide bonds. The molecule has 3 rings (SSSR count). The molecule has 0 aliphatic rings. The van der Waals surface area contributed by atoms with Gasteiger partial charge in [-0.2, -0.15) is 4.31 Å². The highest BCUT2D eigenvalue weighted by Gasteiger charge is 2.25. The number of aromatic nitrogens is 1. The van der Waals surface area contributed by atoms with Crippen molar-refractivity contribution in [3.63, 3.8) is 0 Å². The maximum atomic E-state index is 13.6. The van der Waals surface area contributed by atoms with Gasteiger partial charge < -0.3 is 9.64 Å². The fourth-order valence-electron chi connectivity index (χ4n) is 3.73. The van der Waals surface area contributed by atoms with Gasteiger partial charge in [0.25, 0.3) is 5.91 Å². The van der Waals surface area contributed by atoms with E-state index in [0.717, 1.165) is 28.9 Å². The number of thiazole rings is 1. The van der Waals surface area contributed by atoms with Crippen LogP contribution in [0.5, 0.6) is 5.75 Å². The van der Waals surface area contributed by atoms with Crippen LogP contribution < -0.4 is 9.64 Å². The number of sulfonamides is 1. The average Bonchev–Trinajstić information content (AvgIpc) is 3.29. The molecule has 0 bridgehead atoms. The molecule has 8 nitrogen and oxygen atoms in total. The highest BCUT2D eigenvalue weighted by molar-refractivity contribution is 7.89. The molecule has 11 heteroatoms. The van der Waals surface area contributed by atoms with Gasteiger partial charge in [-0.3, -0.25) is 9.69 Å². The standard InChI is InChI=1S/C27H34N4O4S2.ClH/c1-6-16-30(17-7-2)37(33,34)23-13-10-21(11-14-23)26(32)31(19-9-18-29(4)5)27-28-24-15-12-22(35-8-3)20-25(24)36-27;/h6-7,10-15,20H,1-2,8-9,16-19H2,3-5H3;1H. The second kappa shape index (κ2) is 14.4. The van der Waals surface area contributed by atoms with E-state index in [9.17, 15) is 13.2 Å². The monoisotopic (exact) mass is 578 g/mol. The molecular formula is C27H35ClN4O4S2. The van der Waals surface area contributed by atoms with Gasteiger partial charge in [0.1, 0.15) is 5.75 Å². The van der Waals surface area contributed by atoms with Crippen molar-refractivity contribution in [2.45, 2.75) is 18.2 Å². The summed E-state index contributed by atoms with van der Waals surface area (Å²) in [4.78, 5) is 22.2. The number of hydrogen-bond donors (Lipinski definition) is 0. The van der Waals surface area contributed by atoms with Crippen LogP contribution in [0.3, 0.4) is 0 Å². The van der Waals surface area contributed by atoms with Gasteiger partial charge in [0.05, 0.1) is 21.7 Å². The summed E-state index contributed by atoms with van der Waals surface area (Å²) < 4.78 is 33.9. The van der Waals surface area contributed by atoms with E-state index in [2.05, 4.69) is 18.1 Å². The van der Waals surface area contributed by atoms with Crippen molar-refractivity contribution in [2.24, 2.45) is 0 Å². The van der Waals surface area contributed by atoms with Gasteiger partial charge in [-0.1, -0.05) is 23.5 Å². The molecule has 0 N–H and O–H groups in total. The van der Waals surface area contributed by atoms with Gasteiger partial charge in [-0.05, 0) is 76.4 Å². The summed E-state index contributed by atoms with van der Waals surface area (Å²) >= 11 is 1.43. The average molecular weight is 579 g/mol. The molecule has 0 spiro atoms. The fourth-order valence-corrected chi connectivity index (χ4v) is 6.13. The van der Waals surface area contributed by atoms with Crippen LogP contribution >= 0.6 is 23.7 Å². The van der Waals surface area contributed by atoms with Gasteiger partial charge in [0.15, 0.2) is 5.13 Å². The molecule has 1 heterocycles. The first-order valence-corrected chi connectivity index (χ1v) is 14.3. The van der Waals surface area contributed by atoms with Crippen LogP contribution in [-0.2, 0) is 10.0 Å². The van der Waals surface area contributed by atoms with Gasteiger partial charge in [0.2, 0.25) is 10.0 Å². The SMILES string of the molecule is C=CCN(CC=C)S(=O)(=O)c1ccc(C(=O)N(CCCN(C)C)c2nc3ccc(OCC)cc3s2)cc1.Cl. The molecule has 0 saturated carbocycles. The van der Waals surface area contributed by atoms with Crippen LogP contribution in [-0.4, -0.2) is 75.4 Å². The number of ether oxygens (including phenoxy) is 1. The Kier molecular flexibility index (Phi) is 11.9. The van der Waals surface area contributed by atoms with Crippen molar-refractivity contribution >= 4 is 55.0 Å². The molecule has 0 aliphatic heterocycles. The van der Waals surface area contributed by atoms with Crippen LogP contribution in [0.1, 0.15) is 23.7 Å². The first-order valence-electron chi connectivity index (χ1n) is 12.0. The van der Waals surface area contributed by atoms with E-state index in [4.69, 9.17) is 9.72 Å². The van der Waals surface area contributed by atoms with Gasteiger partial charge in [-0.25, -0.2) is 13.4 Å². The predicted molar refractivity (Wildman–Crippen MR) is 158 cm³/mol. The number of fused-ring (bicyclic) bond motifs is 1. The zero-order chi connectivity index (χ0) is 27.0. The summed E-state index contributed by atoms with van der Waals surface area (Å²) in [6.07, 6.45) is 3.81. The highest BCUT2D eigenvalue weighted by atomic mass is 35.5. The van der Waals surface area contributed by atoms with E-state index in [1.54, 1.807) is 17.0 Å². The molecular weight excluding hydrogens is 544 g/mol. The molecule has 206 valence electrons. The first kappa shape index (κ1) is 31.5. The van der Waals surface area contributed by atoms with E-state index < -0.39 is 10.0 Å². The number of hydrogen-bond acceptors (Lipinski definition) is 7. The van der Waals surface area contributed by atoms with E-state index in [1.807, 2.05) is 39.2 Å². The minimum absolute atomic E-state index is 0. The predicted octanol–water partition coefficient (Wildman–Crippen LogP) is 5.08. The van der Waals surface area contributed by atoms with E-state index in [-0.39, 0.29) is 36.3 Å². The summed E-state index contributed by atoms with van der Waals surface area (Å²) in [5.41, 5.74) is 1.18. The Labute approximate surface area is 235 Å². The Hall–Kier alpha value is -2.76. The van der Waals surface area contributed by atoms with Crippen LogP contribution in [0.4, 0.5) is 5.13 Å². The van der Waals surface area contributed by atoms with Crippen LogP contribution in [0.25, 0.3) is 10.2 Å². The zero-order valence-corrected chi connectivity index (χ0v) is 24.4. The van der Waals surface area contributed by atoms with Crippen molar-refractivity contribution in [3.05, 3.63) is 73.3 Å². The second-order valence-electron chi connectivity index (χ2n) is 8.60. The number of nitrogens with zero attached hydrogens (tertiary/aromatic N) is 4. The summed E-state index contributed by atoms with van der Waals surface area (Å²) in [6, 6.07) is 11.7. The smallest absolute Gasteiger partial charge is 0.260 e. The number of benzene rings is 2. The third kappa shape index (κ3) is 7.64. The third-order valence-corrected chi connectivity index (χ3v) is 8.41. The number of carbonyl (C=O) groups is 1. The van der Waals surface area contributed by atoms with Crippen molar-refractivity contribution in [3.8, 4) is 5.75 Å². The Morgan fingerprint density at radius 3 is 2.29 bits per heavy atom. The van der Waals surface area contributed by atoms with Crippen molar-refractivity contribution in [1.29, 1.82) is 0 Å². The van der Waals surface area contributed by atoms with Gasteiger partial charge in [0, 0.05) is 25.2 Å². The minimum Gasteiger partial charge on any atom is -0.494 e. The fraction of sp³-hybridized carbons (Fsp3) is 0.333. The lowest BCUT2D eigenvalue weighted by molar-refractivity contribution is 0.0986. The Morgan fingerprint density at radius 1 is 1.05 bits per heavy atom. The Morgan fingerprint density at radius 2 is 1.71 bits per heavy atom. The second-order valence-corrected chi connectivity index (χ2v) is 11.5. The van der Waals surface area contributed by atoms with Crippen LogP contribution in [0.15, 0.2) is 72.7 Å². The quantitative estimate of drug-likeness (QED) is 0.248. The minimum atomic E-state index is -3.75. The number of anilines is 1. The molecule has 0 fully saturated rings. The molecule has 0 atom stereocenters. The highest BCUT2D eigenvalue weighted by Crippen LogP contribution is 2.32. The third-order valence-electron chi connectivity index (χ3n) is 5.53. The summed E-state index contributed by atoms with van der Waals surface area (Å²) in [5.74, 6) is 0.523. The lowest BCUT2D eigenvalue weighted by Gasteiger charge is -2.22. The lowest BCUT2D eigenvalue weighted by Crippen LogP contribution is -2.33. The van der Waals surface area contributed by atoms with Crippen molar-refractivity contribution in [1.82, 2.24) is 14.2 Å². The molecule has 0 unspecified atom stereocenters. The lowest BCUT2D eigenvalue weighted by atomic mass is 10.2. The Balaban J connectivity index is 0.00000507. The molecule has 1 aromatic heterocycles. The largest absolute Gasteiger partial charge is 0.494 e. The first-order chi connectivity index (χ1) is 17.7. The maximum Gasteiger partial charge on any atom is 0.260 e. The molecule has 0 saturated heterocycles. The van der Waals surface area contributed by atoms with Gasteiger partial charge in [-0.15, -0.1) is 25.6 Å². The number of carbonyl (C=O) groups excluding carboxylic acids is 1. The zero-order valence-electron chi connectivity index (χ0n) is 22.0. The number of amides is 1. The summed E-state index contributed by atoms with van der Waals surface area (Å²) in [6.45, 7) is 11.4. The summed E-state index contributed by atoms with van der Waals surface area (Å²) in [7, 11) is 0.221. The van der Waals surface area contributed by atoms with E-state index in [0.29, 0.717) is 23.8 Å². The molecule has 3 aromatic rings. The normalized spacial score (nSPS) is 11.4. The summed E-state index contributed by atoms with van der Waals surface area (Å²) in [5, 5.41) is 0.590. The molecule has 2 aromatic carbocycles. The number of rotatable bonds is 14. The van der Waals surface area contributed by atoms with Crippen LogP contribution in [0.2, 0.25) is 0 Å². The topological polar surface area (TPSA) is 83.1 Å². The molecule has 0 aliphatic carbocycles. The molecule has 38 heavy (non-hydrogen) atoms. The van der Waals surface area contributed by atoms with E-state index >= 15 is 0 Å².